The molecule has 0 saturated carbocycles. The first-order chi connectivity index (χ1) is 10.6. The van der Waals surface area contributed by atoms with Crippen LogP contribution in [0.1, 0.15) is 25.5 Å². The Kier molecular flexibility index (Phi) is 4.31. The predicted octanol–water partition coefficient (Wildman–Crippen LogP) is 2.50. The summed E-state index contributed by atoms with van der Waals surface area (Å²) in [6, 6.07) is 3.26. The standard InChI is InChI=1S/C14H13F3N2O4/c1-7(2)12-10-5-8(23-14(15,16)17)3-4-9(10)13(22)19(18-12)6-11(20)21/h3-5,7H,6H2,1-2H3,(H,20,21). The van der Waals surface area contributed by atoms with Gasteiger partial charge in [-0.15, -0.1) is 13.2 Å². The lowest BCUT2D eigenvalue weighted by atomic mass is 10.0. The molecule has 0 fully saturated rings. The molecule has 1 aromatic carbocycles. The smallest absolute Gasteiger partial charge is 0.480 e. The fourth-order valence-electron chi connectivity index (χ4n) is 2.15. The molecule has 0 amide bonds. The van der Waals surface area contributed by atoms with Gasteiger partial charge in [0.25, 0.3) is 5.56 Å². The molecule has 6 nitrogen and oxygen atoms in total. The molecule has 2 aromatic rings. The SMILES string of the molecule is CC(C)c1nn(CC(=O)O)c(=O)c2ccc(OC(F)(F)F)cc12. The highest BCUT2D eigenvalue weighted by Crippen LogP contribution is 2.28. The van der Waals surface area contributed by atoms with E-state index in [2.05, 4.69) is 9.84 Å². The number of hydrogen-bond acceptors (Lipinski definition) is 4. The summed E-state index contributed by atoms with van der Waals surface area (Å²) >= 11 is 0. The Balaban J connectivity index is 2.69. The van der Waals surface area contributed by atoms with E-state index in [0.717, 1.165) is 16.8 Å². The van der Waals surface area contributed by atoms with Crippen LogP contribution in [0, 0.1) is 0 Å². The molecule has 0 aliphatic carbocycles. The van der Waals surface area contributed by atoms with Crippen molar-refractivity contribution < 1.29 is 27.8 Å². The zero-order chi connectivity index (χ0) is 17.4. The molecule has 2 rings (SSSR count). The third-order valence-electron chi connectivity index (χ3n) is 3.03. The van der Waals surface area contributed by atoms with Gasteiger partial charge in [-0.2, -0.15) is 5.10 Å². The summed E-state index contributed by atoms with van der Waals surface area (Å²) in [5.41, 5.74) is -0.376. The Morgan fingerprint density at radius 1 is 1.35 bits per heavy atom. The van der Waals surface area contributed by atoms with Crippen LogP contribution < -0.4 is 10.3 Å². The molecular formula is C14H13F3N2O4. The summed E-state index contributed by atoms with van der Waals surface area (Å²) in [6.45, 7) is 2.83. The number of nitrogens with zero attached hydrogens (tertiary/aromatic N) is 2. The van der Waals surface area contributed by atoms with Crippen LogP contribution in [0.4, 0.5) is 13.2 Å². The zero-order valence-electron chi connectivity index (χ0n) is 12.2. The monoisotopic (exact) mass is 330 g/mol. The first kappa shape index (κ1) is 16.8. The minimum absolute atomic E-state index is 0.0828. The van der Waals surface area contributed by atoms with Gasteiger partial charge in [0.2, 0.25) is 0 Å². The molecule has 9 heteroatoms. The summed E-state index contributed by atoms with van der Waals surface area (Å²) in [6.07, 6.45) is -4.85. The lowest BCUT2D eigenvalue weighted by Crippen LogP contribution is -2.28. The molecule has 0 atom stereocenters. The highest BCUT2D eigenvalue weighted by atomic mass is 19.4. The summed E-state index contributed by atoms with van der Waals surface area (Å²) < 4.78 is 41.6. The number of fused-ring (bicyclic) bond motifs is 1. The van der Waals surface area contributed by atoms with Crippen LogP contribution in [0.2, 0.25) is 0 Å². The molecule has 0 unspecified atom stereocenters. The van der Waals surface area contributed by atoms with E-state index in [4.69, 9.17) is 5.11 Å². The Labute approximate surface area is 128 Å². The molecule has 0 spiro atoms. The average Bonchev–Trinajstić information content (AvgIpc) is 2.39. The Morgan fingerprint density at radius 3 is 2.52 bits per heavy atom. The van der Waals surface area contributed by atoms with Crippen LogP contribution in [-0.4, -0.2) is 27.2 Å². The minimum Gasteiger partial charge on any atom is -0.480 e. The number of ether oxygens (including phenoxy) is 1. The second kappa shape index (κ2) is 5.90. The predicted molar refractivity (Wildman–Crippen MR) is 74.4 cm³/mol. The Bertz CT molecular complexity index is 812. The molecule has 1 heterocycles. The van der Waals surface area contributed by atoms with E-state index in [-0.39, 0.29) is 16.7 Å². The van der Waals surface area contributed by atoms with Gasteiger partial charge in [-0.05, 0) is 24.1 Å². The van der Waals surface area contributed by atoms with Gasteiger partial charge in [0.05, 0.1) is 11.1 Å². The summed E-state index contributed by atoms with van der Waals surface area (Å²) in [7, 11) is 0. The van der Waals surface area contributed by atoms with E-state index in [1.165, 1.54) is 6.07 Å². The average molecular weight is 330 g/mol. The molecule has 1 aromatic heterocycles. The van der Waals surface area contributed by atoms with Gasteiger partial charge >= 0.3 is 12.3 Å². The normalized spacial score (nSPS) is 11.9. The fourth-order valence-corrected chi connectivity index (χ4v) is 2.15. The van der Waals surface area contributed by atoms with Crippen LogP contribution in [0.15, 0.2) is 23.0 Å². The van der Waals surface area contributed by atoms with Crippen molar-refractivity contribution >= 4 is 16.7 Å². The Hall–Kier alpha value is -2.58. The second-order valence-electron chi connectivity index (χ2n) is 5.15. The number of aliphatic carboxylic acids is 1. The fraction of sp³-hybridized carbons (Fsp3) is 0.357. The number of carboxylic acids is 1. The highest BCUT2D eigenvalue weighted by Gasteiger charge is 2.31. The van der Waals surface area contributed by atoms with Crippen molar-refractivity contribution in [1.82, 2.24) is 9.78 Å². The van der Waals surface area contributed by atoms with Crippen LogP contribution in [0.25, 0.3) is 10.8 Å². The quantitative estimate of drug-likeness (QED) is 0.931. The molecule has 0 bridgehead atoms. The maximum Gasteiger partial charge on any atom is 0.573 e. The molecule has 0 saturated heterocycles. The Morgan fingerprint density at radius 2 is 2.00 bits per heavy atom. The highest BCUT2D eigenvalue weighted by molar-refractivity contribution is 5.85. The number of carboxylic acid groups (broad SMARTS) is 1. The van der Waals surface area contributed by atoms with Crippen LogP contribution >= 0.6 is 0 Å². The van der Waals surface area contributed by atoms with Crippen molar-refractivity contribution in [1.29, 1.82) is 0 Å². The van der Waals surface area contributed by atoms with Crippen molar-refractivity contribution in [3.8, 4) is 5.75 Å². The lowest BCUT2D eigenvalue weighted by Gasteiger charge is -2.14. The number of aromatic nitrogens is 2. The molecule has 0 aliphatic rings. The molecule has 23 heavy (non-hydrogen) atoms. The minimum atomic E-state index is -4.85. The molecule has 1 N–H and O–H groups in total. The molecule has 0 aliphatic heterocycles. The van der Waals surface area contributed by atoms with Gasteiger partial charge in [-0.3, -0.25) is 9.59 Å². The van der Waals surface area contributed by atoms with Gasteiger partial charge in [0, 0.05) is 5.39 Å². The van der Waals surface area contributed by atoms with E-state index in [9.17, 15) is 22.8 Å². The van der Waals surface area contributed by atoms with E-state index >= 15 is 0 Å². The number of carbonyl (C=O) groups is 1. The van der Waals surface area contributed by atoms with Crippen molar-refractivity contribution in [3.63, 3.8) is 0 Å². The summed E-state index contributed by atoms with van der Waals surface area (Å²) in [4.78, 5) is 23.0. The van der Waals surface area contributed by atoms with Crippen molar-refractivity contribution in [2.75, 3.05) is 0 Å². The second-order valence-corrected chi connectivity index (χ2v) is 5.15. The third kappa shape index (κ3) is 3.79. The topological polar surface area (TPSA) is 81.4 Å². The van der Waals surface area contributed by atoms with Gasteiger partial charge < -0.3 is 9.84 Å². The van der Waals surface area contributed by atoms with Crippen molar-refractivity contribution in [3.05, 3.63) is 34.2 Å². The number of hydrogen-bond donors (Lipinski definition) is 1. The zero-order valence-corrected chi connectivity index (χ0v) is 12.2. The van der Waals surface area contributed by atoms with Crippen LogP contribution in [-0.2, 0) is 11.3 Å². The number of rotatable bonds is 4. The largest absolute Gasteiger partial charge is 0.573 e. The van der Waals surface area contributed by atoms with Crippen LogP contribution in [0.5, 0.6) is 5.75 Å². The van der Waals surface area contributed by atoms with E-state index in [1.807, 2.05) is 0 Å². The van der Waals surface area contributed by atoms with Gasteiger partial charge in [0.15, 0.2) is 0 Å². The van der Waals surface area contributed by atoms with E-state index < -0.39 is 30.2 Å². The van der Waals surface area contributed by atoms with Gasteiger partial charge in [-0.25, -0.2) is 4.68 Å². The van der Waals surface area contributed by atoms with Crippen molar-refractivity contribution in [2.45, 2.75) is 32.7 Å². The first-order valence-electron chi connectivity index (χ1n) is 6.61. The van der Waals surface area contributed by atoms with Crippen molar-refractivity contribution in [2.24, 2.45) is 0 Å². The van der Waals surface area contributed by atoms with Gasteiger partial charge in [0.1, 0.15) is 12.3 Å². The third-order valence-corrected chi connectivity index (χ3v) is 3.03. The maximum absolute atomic E-state index is 12.3. The number of benzene rings is 1. The molecule has 0 radical (unpaired) electrons. The molecule has 124 valence electrons. The first-order valence-corrected chi connectivity index (χ1v) is 6.61. The van der Waals surface area contributed by atoms with E-state index in [0.29, 0.717) is 5.69 Å². The summed E-state index contributed by atoms with van der Waals surface area (Å²) in [5, 5.41) is 13.1. The number of alkyl halides is 3. The molecular weight excluding hydrogens is 317 g/mol. The van der Waals surface area contributed by atoms with Crippen LogP contribution in [0.3, 0.4) is 0 Å². The number of halogens is 3. The maximum atomic E-state index is 12.3. The van der Waals surface area contributed by atoms with Gasteiger partial charge in [-0.1, -0.05) is 13.8 Å². The van der Waals surface area contributed by atoms with E-state index in [1.54, 1.807) is 13.8 Å². The lowest BCUT2D eigenvalue weighted by molar-refractivity contribution is -0.274. The summed E-state index contributed by atoms with van der Waals surface area (Å²) in [5.74, 6) is -1.95.